The lowest BCUT2D eigenvalue weighted by molar-refractivity contribution is -0.0249. The molecule has 0 aliphatic heterocycles. The zero-order chi connectivity index (χ0) is 27.5. The average molecular weight is 544 g/mol. The van der Waals surface area contributed by atoms with E-state index in [0.29, 0.717) is 91.5 Å². The van der Waals surface area contributed by atoms with Crippen molar-refractivity contribution in [2.24, 2.45) is 0 Å². The van der Waals surface area contributed by atoms with Crippen molar-refractivity contribution in [2.45, 2.75) is 39.7 Å². The molecule has 0 heterocycles. The highest BCUT2D eigenvalue weighted by Crippen LogP contribution is 2.10. The molecule has 0 fully saturated rings. The largest absolute Gasteiger partial charge is 0.460 e. The van der Waals surface area contributed by atoms with Gasteiger partial charge in [-0.2, -0.15) is 0 Å². The molecule has 1 aromatic carbocycles. The Morgan fingerprint density at radius 1 is 0.658 bits per heavy atom. The average Bonchev–Trinajstić information content (AvgIpc) is 2.91. The summed E-state index contributed by atoms with van der Waals surface area (Å²) < 4.78 is 43.2. The molecule has 10 nitrogen and oxygen atoms in total. The molecular formula is C28H49NO9. The van der Waals surface area contributed by atoms with E-state index in [1.807, 2.05) is 26.0 Å². The number of nitrogens with one attached hydrogen (secondary N) is 1. The molecule has 0 bridgehead atoms. The van der Waals surface area contributed by atoms with Crippen LogP contribution in [-0.2, 0) is 37.9 Å². The van der Waals surface area contributed by atoms with Gasteiger partial charge in [-0.1, -0.05) is 13.3 Å². The summed E-state index contributed by atoms with van der Waals surface area (Å²) in [4.78, 5) is 12.1. The molecule has 0 aliphatic rings. The van der Waals surface area contributed by atoms with Crippen molar-refractivity contribution < 1.29 is 42.7 Å². The first-order valence-corrected chi connectivity index (χ1v) is 13.7. The van der Waals surface area contributed by atoms with Crippen molar-refractivity contribution >= 4 is 11.7 Å². The zero-order valence-electron chi connectivity index (χ0n) is 23.6. The van der Waals surface area contributed by atoms with Gasteiger partial charge in [-0.05, 0) is 44.5 Å². The summed E-state index contributed by atoms with van der Waals surface area (Å²) in [5.74, 6) is -0.355. The molecule has 0 atom stereocenters. The summed E-state index contributed by atoms with van der Waals surface area (Å²) in [5, 5.41) is 3.32. The highest BCUT2D eigenvalue weighted by atomic mass is 16.6. The number of carbonyl (C=O) groups excluding carboxylic acids is 1. The minimum Gasteiger partial charge on any atom is -0.460 e. The van der Waals surface area contributed by atoms with E-state index in [-0.39, 0.29) is 18.7 Å². The molecule has 0 amide bonds. The molecule has 0 radical (unpaired) electrons. The van der Waals surface area contributed by atoms with Crippen molar-refractivity contribution in [3.05, 3.63) is 29.8 Å². The standard InChI is InChI=1S/C28H49NO9/c1-4-5-10-29-27-8-6-26(7-9-27)28(30)38-24-22-36-20-18-34-16-14-32-12-11-31-13-15-33-17-19-35-21-23-37-25(2)3/h6-9,25,29H,4-5,10-24H2,1-3H3. The van der Waals surface area contributed by atoms with Crippen LogP contribution in [-0.4, -0.2) is 111 Å². The normalized spacial score (nSPS) is 11.3. The highest BCUT2D eigenvalue weighted by molar-refractivity contribution is 5.89. The fourth-order valence-electron chi connectivity index (χ4n) is 2.95. The summed E-state index contributed by atoms with van der Waals surface area (Å²) >= 11 is 0. The third-order valence-corrected chi connectivity index (χ3v) is 4.98. The van der Waals surface area contributed by atoms with Crippen LogP contribution in [0.15, 0.2) is 24.3 Å². The van der Waals surface area contributed by atoms with E-state index < -0.39 is 0 Å². The molecule has 0 aromatic heterocycles. The van der Waals surface area contributed by atoms with Gasteiger partial charge in [0.1, 0.15) is 6.61 Å². The molecule has 0 saturated heterocycles. The number of anilines is 1. The fraction of sp³-hybridized carbons (Fsp3) is 0.750. The van der Waals surface area contributed by atoms with Crippen LogP contribution in [0.4, 0.5) is 5.69 Å². The lowest BCUT2D eigenvalue weighted by Crippen LogP contribution is -2.15. The summed E-state index contributed by atoms with van der Waals surface area (Å²) in [6, 6.07) is 7.30. The van der Waals surface area contributed by atoms with Crippen LogP contribution in [0.25, 0.3) is 0 Å². The monoisotopic (exact) mass is 543 g/mol. The van der Waals surface area contributed by atoms with Crippen LogP contribution in [0.1, 0.15) is 44.0 Å². The Morgan fingerprint density at radius 3 is 1.50 bits per heavy atom. The van der Waals surface area contributed by atoms with Crippen LogP contribution in [0.3, 0.4) is 0 Å². The predicted octanol–water partition coefficient (Wildman–Crippen LogP) is 3.58. The van der Waals surface area contributed by atoms with E-state index >= 15 is 0 Å². The molecule has 220 valence electrons. The van der Waals surface area contributed by atoms with Crippen molar-refractivity contribution in [2.75, 3.05) is 104 Å². The minimum atomic E-state index is -0.355. The van der Waals surface area contributed by atoms with E-state index in [2.05, 4.69) is 12.2 Å². The van der Waals surface area contributed by atoms with Crippen LogP contribution in [0, 0.1) is 0 Å². The van der Waals surface area contributed by atoms with E-state index in [0.717, 1.165) is 25.1 Å². The van der Waals surface area contributed by atoms with E-state index in [1.54, 1.807) is 12.1 Å². The summed E-state index contributed by atoms with van der Waals surface area (Å²) in [6.45, 7) is 13.8. The van der Waals surface area contributed by atoms with Crippen LogP contribution < -0.4 is 5.32 Å². The predicted molar refractivity (Wildman–Crippen MR) is 146 cm³/mol. The smallest absolute Gasteiger partial charge is 0.338 e. The number of carbonyl (C=O) groups is 1. The molecule has 0 saturated carbocycles. The molecule has 1 aromatic rings. The first-order chi connectivity index (χ1) is 18.6. The number of rotatable bonds is 27. The van der Waals surface area contributed by atoms with Crippen LogP contribution in [0.5, 0.6) is 0 Å². The van der Waals surface area contributed by atoms with E-state index in [1.165, 1.54) is 0 Å². The summed E-state index contributed by atoms with van der Waals surface area (Å²) in [6.07, 6.45) is 2.48. The number of esters is 1. The fourth-order valence-corrected chi connectivity index (χ4v) is 2.95. The Bertz CT molecular complexity index is 658. The van der Waals surface area contributed by atoms with Gasteiger partial charge >= 0.3 is 5.97 Å². The molecule has 0 unspecified atom stereocenters. The molecular weight excluding hydrogens is 494 g/mol. The van der Waals surface area contributed by atoms with Crippen molar-refractivity contribution in [3.8, 4) is 0 Å². The number of hydrogen-bond acceptors (Lipinski definition) is 10. The van der Waals surface area contributed by atoms with Gasteiger partial charge < -0.3 is 43.2 Å². The van der Waals surface area contributed by atoms with Crippen LogP contribution >= 0.6 is 0 Å². The second kappa shape index (κ2) is 25.5. The Balaban J connectivity index is 1.78. The first-order valence-electron chi connectivity index (χ1n) is 13.7. The van der Waals surface area contributed by atoms with Gasteiger partial charge in [0.2, 0.25) is 0 Å². The lowest BCUT2D eigenvalue weighted by Gasteiger charge is -2.09. The van der Waals surface area contributed by atoms with Crippen LogP contribution in [0.2, 0.25) is 0 Å². The molecule has 1 N–H and O–H groups in total. The number of unbranched alkanes of at least 4 members (excludes halogenated alkanes) is 1. The number of hydrogen-bond donors (Lipinski definition) is 1. The van der Waals surface area contributed by atoms with Gasteiger partial charge in [0.25, 0.3) is 0 Å². The Morgan fingerprint density at radius 2 is 1.08 bits per heavy atom. The quantitative estimate of drug-likeness (QED) is 0.131. The Labute approximate surface area is 228 Å². The Kier molecular flexibility index (Phi) is 23.0. The number of benzene rings is 1. The third-order valence-electron chi connectivity index (χ3n) is 4.98. The van der Waals surface area contributed by atoms with Gasteiger partial charge in [-0.15, -0.1) is 0 Å². The SMILES string of the molecule is CCCCNc1ccc(C(=O)OCCOCCOCCOCCOCCOCCOCCOC(C)C)cc1. The third kappa shape index (κ3) is 21.2. The van der Waals surface area contributed by atoms with Gasteiger partial charge in [0.15, 0.2) is 0 Å². The highest BCUT2D eigenvalue weighted by Gasteiger charge is 2.06. The van der Waals surface area contributed by atoms with E-state index in [4.69, 9.17) is 37.9 Å². The van der Waals surface area contributed by atoms with Crippen molar-refractivity contribution in [3.63, 3.8) is 0 Å². The maximum atomic E-state index is 12.1. The first kappa shape index (κ1) is 34.2. The molecule has 38 heavy (non-hydrogen) atoms. The molecule has 0 aliphatic carbocycles. The zero-order valence-corrected chi connectivity index (χ0v) is 23.6. The van der Waals surface area contributed by atoms with Gasteiger partial charge in [0.05, 0.1) is 97.6 Å². The van der Waals surface area contributed by atoms with Gasteiger partial charge in [0, 0.05) is 12.2 Å². The summed E-state index contributed by atoms with van der Waals surface area (Å²) in [5.41, 5.74) is 1.53. The summed E-state index contributed by atoms with van der Waals surface area (Å²) in [7, 11) is 0. The lowest BCUT2D eigenvalue weighted by atomic mass is 10.2. The topological polar surface area (TPSA) is 103 Å². The maximum Gasteiger partial charge on any atom is 0.338 e. The van der Waals surface area contributed by atoms with Crippen molar-refractivity contribution in [1.82, 2.24) is 0 Å². The minimum absolute atomic E-state index is 0.200. The maximum absolute atomic E-state index is 12.1. The Hall–Kier alpha value is -1.79. The van der Waals surface area contributed by atoms with Gasteiger partial charge in [-0.3, -0.25) is 0 Å². The second-order valence-corrected chi connectivity index (χ2v) is 8.59. The molecule has 1 rings (SSSR count). The second-order valence-electron chi connectivity index (χ2n) is 8.59. The van der Waals surface area contributed by atoms with Crippen molar-refractivity contribution in [1.29, 1.82) is 0 Å². The van der Waals surface area contributed by atoms with Gasteiger partial charge in [-0.25, -0.2) is 4.79 Å². The number of ether oxygens (including phenoxy) is 8. The molecule has 10 heteroatoms. The van der Waals surface area contributed by atoms with E-state index in [9.17, 15) is 4.79 Å². The molecule has 0 spiro atoms.